The van der Waals surface area contributed by atoms with Crippen LogP contribution in [0, 0.1) is 0 Å². The number of likely N-dealkylation sites (N-methyl/N-ethyl adjacent to an activating group) is 2. The van der Waals surface area contributed by atoms with Gasteiger partial charge in [0.05, 0.1) is 10.0 Å². The molecular weight excluding hydrogens is 243 g/mol. The van der Waals surface area contributed by atoms with Crippen molar-refractivity contribution < 1.29 is 0 Å². The molecule has 0 aliphatic rings. The second kappa shape index (κ2) is 6.45. The Balaban J connectivity index is 2.87. The molecule has 1 aromatic carbocycles. The molecule has 0 fully saturated rings. The molecule has 0 saturated carbocycles. The Bertz CT molecular complexity index is 340. The van der Waals surface area contributed by atoms with Gasteiger partial charge in [-0.3, -0.25) is 0 Å². The minimum Gasteiger partial charge on any atom is -0.309 e. The fourth-order valence-electron chi connectivity index (χ4n) is 1.63. The van der Waals surface area contributed by atoms with Gasteiger partial charge in [-0.25, -0.2) is 0 Å². The summed E-state index contributed by atoms with van der Waals surface area (Å²) in [6.45, 7) is 3.96. The highest BCUT2D eigenvalue weighted by Gasteiger charge is 2.12. The highest BCUT2D eigenvalue weighted by Crippen LogP contribution is 2.25. The third-order valence-corrected chi connectivity index (χ3v) is 3.08. The van der Waals surface area contributed by atoms with Crippen LogP contribution in [0.4, 0.5) is 0 Å². The van der Waals surface area contributed by atoms with E-state index in [4.69, 9.17) is 23.2 Å². The Morgan fingerprint density at radius 3 is 2.44 bits per heavy atom. The number of halogens is 2. The molecule has 0 saturated heterocycles. The molecule has 1 unspecified atom stereocenters. The second-order valence-electron chi connectivity index (χ2n) is 4.05. The van der Waals surface area contributed by atoms with E-state index in [1.54, 1.807) is 0 Å². The van der Waals surface area contributed by atoms with Gasteiger partial charge in [-0.1, -0.05) is 36.2 Å². The van der Waals surface area contributed by atoms with Crippen LogP contribution in [0.15, 0.2) is 18.2 Å². The quantitative estimate of drug-likeness (QED) is 0.875. The third kappa shape index (κ3) is 3.95. The molecule has 0 aliphatic heterocycles. The highest BCUT2D eigenvalue weighted by molar-refractivity contribution is 6.42. The van der Waals surface area contributed by atoms with Crippen LogP contribution in [-0.4, -0.2) is 32.1 Å². The number of nitrogens with one attached hydrogen (secondary N) is 1. The smallest absolute Gasteiger partial charge is 0.0595 e. The van der Waals surface area contributed by atoms with Gasteiger partial charge in [0.1, 0.15) is 0 Å². The molecule has 0 radical (unpaired) electrons. The van der Waals surface area contributed by atoms with Crippen molar-refractivity contribution in [1.82, 2.24) is 10.2 Å². The molecular formula is C12H18Cl2N2. The molecule has 0 amide bonds. The van der Waals surface area contributed by atoms with Crippen LogP contribution in [0.5, 0.6) is 0 Å². The summed E-state index contributed by atoms with van der Waals surface area (Å²) < 4.78 is 0. The summed E-state index contributed by atoms with van der Waals surface area (Å²) >= 11 is 11.9. The lowest BCUT2D eigenvalue weighted by Crippen LogP contribution is -2.31. The first-order valence-corrected chi connectivity index (χ1v) is 6.13. The van der Waals surface area contributed by atoms with Crippen molar-refractivity contribution in [2.45, 2.75) is 13.0 Å². The molecule has 1 rings (SSSR count). The zero-order chi connectivity index (χ0) is 12.1. The van der Waals surface area contributed by atoms with Gasteiger partial charge >= 0.3 is 0 Å². The summed E-state index contributed by atoms with van der Waals surface area (Å²) in [7, 11) is 4.11. The van der Waals surface area contributed by atoms with Crippen molar-refractivity contribution >= 4 is 23.2 Å². The molecule has 16 heavy (non-hydrogen) atoms. The minimum absolute atomic E-state index is 0.287. The van der Waals surface area contributed by atoms with Gasteiger partial charge in [0, 0.05) is 12.6 Å². The van der Waals surface area contributed by atoms with Gasteiger partial charge in [-0.05, 0) is 38.3 Å². The number of rotatable bonds is 5. The highest BCUT2D eigenvalue weighted by atomic mass is 35.5. The summed E-state index contributed by atoms with van der Waals surface area (Å²) in [5.74, 6) is 0. The molecule has 0 heterocycles. The summed E-state index contributed by atoms with van der Waals surface area (Å²) in [5.41, 5.74) is 1.17. The van der Waals surface area contributed by atoms with Crippen molar-refractivity contribution in [3.63, 3.8) is 0 Å². The molecule has 1 N–H and O–H groups in total. The molecule has 4 heteroatoms. The summed E-state index contributed by atoms with van der Waals surface area (Å²) in [5, 5.41) is 4.65. The van der Waals surface area contributed by atoms with Crippen molar-refractivity contribution in [1.29, 1.82) is 0 Å². The van der Waals surface area contributed by atoms with E-state index in [1.807, 2.05) is 18.2 Å². The maximum atomic E-state index is 6.02. The first kappa shape index (κ1) is 13.8. The van der Waals surface area contributed by atoms with Crippen LogP contribution in [0.2, 0.25) is 10.0 Å². The largest absolute Gasteiger partial charge is 0.309 e. The summed E-state index contributed by atoms with van der Waals surface area (Å²) in [4.78, 5) is 2.15. The fraction of sp³-hybridized carbons (Fsp3) is 0.500. The average molecular weight is 261 g/mol. The Hall–Kier alpha value is -0.280. The van der Waals surface area contributed by atoms with E-state index in [9.17, 15) is 0 Å². The van der Waals surface area contributed by atoms with Crippen LogP contribution in [0.1, 0.15) is 18.5 Å². The normalized spacial score (nSPS) is 13.1. The van der Waals surface area contributed by atoms with Crippen LogP contribution >= 0.6 is 23.2 Å². The van der Waals surface area contributed by atoms with E-state index in [0.717, 1.165) is 13.1 Å². The maximum absolute atomic E-state index is 6.02. The summed E-state index contributed by atoms with van der Waals surface area (Å²) in [6, 6.07) is 6.08. The predicted octanol–water partition coefficient (Wildman–Crippen LogP) is 3.21. The second-order valence-corrected chi connectivity index (χ2v) is 4.86. The Labute approximate surface area is 108 Å². The lowest BCUT2D eigenvalue weighted by molar-refractivity contribution is 0.345. The lowest BCUT2D eigenvalue weighted by atomic mass is 10.1. The SMILES string of the molecule is CCNC(CN(C)C)c1ccc(Cl)c(Cl)c1. The average Bonchev–Trinajstić information content (AvgIpc) is 2.21. The molecule has 2 nitrogen and oxygen atoms in total. The standard InChI is InChI=1S/C12H18Cl2N2/c1-4-15-12(8-16(2)3)9-5-6-10(13)11(14)7-9/h5-7,12,15H,4,8H2,1-3H3. The molecule has 0 aromatic heterocycles. The number of nitrogens with zero attached hydrogens (tertiary/aromatic N) is 1. The van der Waals surface area contributed by atoms with E-state index < -0.39 is 0 Å². The van der Waals surface area contributed by atoms with Crippen LogP contribution in [0.25, 0.3) is 0 Å². The molecule has 0 spiro atoms. The van der Waals surface area contributed by atoms with E-state index in [0.29, 0.717) is 10.0 Å². The van der Waals surface area contributed by atoms with E-state index in [1.165, 1.54) is 5.56 Å². The van der Waals surface area contributed by atoms with E-state index in [-0.39, 0.29) is 6.04 Å². The van der Waals surface area contributed by atoms with Crippen LogP contribution in [0.3, 0.4) is 0 Å². The first-order chi connectivity index (χ1) is 7.54. The molecule has 1 aromatic rings. The van der Waals surface area contributed by atoms with E-state index in [2.05, 4.69) is 31.2 Å². The van der Waals surface area contributed by atoms with Gasteiger partial charge < -0.3 is 10.2 Å². The zero-order valence-electron chi connectivity index (χ0n) is 9.93. The van der Waals surface area contributed by atoms with Crippen LogP contribution in [-0.2, 0) is 0 Å². The van der Waals surface area contributed by atoms with Crippen molar-refractivity contribution in [2.24, 2.45) is 0 Å². The molecule has 0 aliphatic carbocycles. The predicted molar refractivity (Wildman–Crippen MR) is 71.4 cm³/mol. The lowest BCUT2D eigenvalue weighted by Gasteiger charge is -2.22. The monoisotopic (exact) mass is 260 g/mol. The van der Waals surface area contributed by atoms with Crippen LogP contribution < -0.4 is 5.32 Å². The van der Waals surface area contributed by atoms with Crippen molar-refractivity contribution in [3.8, 4) is 0 Å². The topological polar surface area (TPSA) is 15.3 Å². The van der Waals surface area contributed by atoms with Gasteiger partial charge in [0.15, 0.2) is 0 Å². The van der Waals surface area contributed by atoms with E-state index >= 15 is 0 Å². The number of hydrogen-bond donors (Lipinski definition) is 1. The van der Waals surface area contributed by atoms with Crippen molar-refractivity contribution in [2.75, 3.05) is 27.2 Å². The first-order valence-electron chi connectivity index (χ1n) is 5.37. The Morgan fingerprint density at radius 1 is 1.25 bits per heavy atom. The zero-order valence-corrected chi connectivity index (χ0v) is 11.4. The fourth-order valence-corrected chi connectivity index (χ4v) is 1.94. The van der Waals surface area contributed by atoms with Gasteiger partial charge in [-0.15, -0.1) is 0 Å². The minimum atomic E-state index is 0.287. The van der Waals surface area contributed by atoms with Crippen molar-refractivity contribution in [3.05, 3.63) is 33.8 Å². The molecule has 1 atom stereocenters. The third-order valence-electron chi connectivity index (χ3n) is 2.34. The molecule has 0 bridgehead atoms. The molecule has 90 valence electrons. The van der Waals surface area contributed by atoms with Gasteiger partial charge in [-0.2, -0.15) is 0 Å². The number of hydrogen-bond acceptors (Lipinski definition) is 2. The summed E-state index contributed by atoms with van der Waals surface area (Å²) in [6.07, 6.45) is 0. The van der Waals surface area contributed by atoms with Gasteiger partial charge in [0.25, 0.3) is 0 Å². The van der Waals surface area contributed by atoms with Gasteiger partial charge in [0.2, 0.25) is 0 Å². The number of benzene rings is 1. The maximum Gasteiger partial charge on any atom is 0.0595 e. The Kier molecular flexibility index (Phi) is 5.56. The Morgan fingerprint density at radius 2 is 1.94 bits per heavy atom.